The zero-order chi connectivity index (χ0) is 16.2. The molecule has 0 spiro atoms. The van der Waals surface area contributed by atoms with Gasteiger partial charge in [-0.15, -0.1) is 11.6 Å². The van der Waals surface area contributed by atoms with E-state index >= 15 is 0 Å². The van der Waals surface area contributed by atoms with Crippen LogP contribution in [0.15, 0.2) is 0 Å². The van der Waals surface area contributed by atoms with Crippen LogP contribution in [0.25, 0.3) is 0 Å². The van der Waals surface area contributed by atoms with Gasteiger partial charge in [0.15, 0.2) is 0 Å². The van der Waals surface area contributed by atoms with Crippen molar-refractivity contribution in [1.82, 2.24) is 0 Å². The third kappa shape index (κ3) is 6.99. The fourth-order valence-corrected chi connectivity index (χ4v) is 3.00. The Balaban J connectivity index is 2.34. The summed E-state index contributed by atoms with van der Waals surface area (Å²) in [5, 5.41) is 0. The molecular weight excluding hydrogens is 304 g/mol. The van der Waals surface area contributed by atoms with Gasteiger partial charge in [-0.25, -0.2) is 0 Å². The maximum Gasteiger partial charge on any atom is 0.309 e. The van der Waals surface area contributed by atoms with E-state index in [4.69, 9.17) is 21.1 Å². The van der Waals surface area contributed by atoms with Crippen LogP contribution in [0.3, 0.4) is 0 Å². The lowest BCUT2D eigenvalue weighted by atomic mass is 9.79. The Bertz CT molecular complexity index is 333. The molecule has 1 fully saturated rings. The normalized spacial score (nSPS) is 21.4. The van der Waals surface area contributed by atoms with Gasteiger partial charge in [-0.05, 0) is 19.3 Å². The monoisotopic (exact) mass is 332 g/mol. The Kier molecular flexibility index (Phi) is 10.3. The highest BCUT2D eigenvalue weighted by Gasteiger charge is 2.37. The van der Waals surface area contributed by atoms with Gasteiger partial charge in [0.05, 0.1) is 24.3 Å². The lowest BCUT2D eigenvalue weighted by molar-refractivity contribution is -0.162. The Hall–Kier alpha value is -0.770. The Morgan fingerprint density at radius 2 is 1.45 bits per heavy atom. The molecule has 22 heavy (non-hydrogen) atoms. The van der Waals surface area contributed by atoms with Crippen molar-refractivity contribution >= 4 is 23.5 Å². The number of alkyl halides is 1. The second kappa shape index (κ2) is 11.8. The van der Waals surface area contributed by atoms with E-state index in [1.54, 1.807) is 0 Å². The molecule has 2 atom stereocenters. The molecule has 0 bridgehead atoms. The Labute approximate surface area is 138 Å². The van der Waals surface area contributed by atoms with E-state index in [0.717, 1.165) is 32.1 Å². The zero-order valence-electron chi connectivity index (χ0n) is 13.7. The van der Waals surface area contributed by atoms with Crippen LogP contribution in [0.5, 0.6) is 0 Å². The summed E-state index contributed by atoms with van der Waals surface area (Å²) in [5.74, 6) is -0.948. The molecule has 0 amide bonds. The van der Waals surface area contributed by atoms with Crippen molar-refractivity contribution in [2.45, 2.75) is 64.7 Å². The third-order valence-electron chi connectivity index (χ3n) is 4.19. The molecule has 2 unspecified atom stereocenters. The number of carbonyl (C=O) groups excluding carboxylic acids is 2. The fourth-order valence-electron chi connectivity index (χ4n) is 2.93. The first-order chi connectivity index (χ1) is 10.7. The van der Waals surface area contributed by atoms with Crippen molar-refractivity contribution in [2.24, 2.45) is 11.8 Å². The number of esters is 2. The average molecular weight is 333 g/mol. The highest BCUT2D eigenvalue weighted by atomic mass is 35.5. The zero-order valence-corrected chi connectivity index (χ0v) is 14.4. The Morgan fingerprint density at radius 1 is 0.909 bits per heavy atom. The predicted octanol–water partition coefficient (Wildman–Crippen LogP) is 4.09. The maximum atomic E-state index is 12.2. The fraction of sp³-hybridized carbons (Fsp3) is 0.882. The van der Waals surface area contributed by atoms with E-state index in [-0.39, 0.29) is 36.3 Å². The van der Waals surface area contributed by atoms with E-state index in [0.29, 0.717) is 13.0 Å². The number of halogens is 1. The lowest BCUT2D eigenvalue weighted by Gasteiger charge is -2.28. The summed E-state index contributed by atoms with van der Waals surface area (Å²) in [6.45, 7) is 2.84. The Morgan fingerprint density at radius 3 is 2.00 bits per heavy atom. The van der Waals surface area contributed by atoms with Crippen molar-refractivity contribution < 1.29 is 19.1 Å². The van der Waals surface area contributed by atoms with Crippen LogP contribution in [0.4, 0.5) is 0 Å². The molecule has 0 N–H and O–H groups in total. The molecule has 4 nitrogen and oxygen atoms in total. The van der Waals surface area contributed by atoms with Crippen LogP contribution < -0.4 is 0 Å². The third-order valence-corrected chi connectivity index (χ3v) is 4.34. The van der Waals surface area contributed by atoms with E-state index in [2.05, 4.69) is 6.92 Å². The first-order valence-electron chi connectivity index (χ1n) is 8.60. The van der Waals surface area contributed by atoms with Gasteiger partial charge < -0.3 is 9.47 Å². The van der Waals surface area contributed by atoms with Crippen LogP contribution >= 0.6 is 11.6 Å². The standard InChI is InChI=1S/C17H29ClO4/c1-2-3-4-5-8-12-21-16(19)14-9-6-7-10-15(14)17(20)22-13-11-18/h14-15H,2-13H2,1H3. The molecule has 0 aromatic heterocycles. The first-order valence-corrected chi connectivity index (χ1v) is 9.13. The minimum Gasteiger partial charge on any atom is -0.465 e. The molecule has 1 saturated carbocycles. The van der Waals surface area contributed by atoms with Gasteiger partial charge in [0.1, 0.15) is 6.61 Å². The molecule has 1 aliphatic carbocycles. The minimum absolute atomic E-state index is 0.204. The van der Waals surface area contributed by atoms with Crippen molar-refractivity contribution in [3.8, 4) is 0 Å². The second-order valence-corrected chi connectivity index (χ2v) is 6.31. The van der Waals surface area contributed by atoms with Crippen LogP contribution in [0, 0.1) is 11.8 Å². The second-order valence-electron chi connectivity index (χ2n) is 5.94. The minimum atomic E-state index is -0.357. The molecule has 0 aromatic rings. The van der Waals surface area contributed by atoms with Crippen molar-refractivity contribution in [3.63, 3.8) is 0 Å². The summed E-state index contributed by atoms with van der Waals surface area (Å²) >= 11 is 5.54. The smallest absolute Gasteiger partial charge is 0.309 e. The summed E-state index contributed by atoms with van der Waals surface area (Å²) < 4.78 is 10.5. The quantitative estimate of drug-likeness (QED) is 0.343. The number of carbonyl (C=O) groups is 2. The summed E-state index contributed by atoms with van der Waals surface area (Å²) in [5.41, 5.74) is 0. The number of hydrogen-bond acceptors (Lipinski definition) is 4. The highest BCUT2D eigenvalue weighted by Crippen LogP contribution is 2.32. The molecule has 0 saturated heterocycles. The number of hydrogen-bond donors (Lipinski definition) is 0. The summed E-state index contributed by atoms with van der Waals surface area (Å²) in [7, 11) is 0. The largest absolute Gasteiger partial charge is 0.465 e. The van der Waals surface area contributed by atoms with Gasteiger partial charge >= 0.3 is 11.9 Å². The van der Waals surface area contributed by atoms with Crippen molar-refractivity contribution in [3.05, 3.63) is 0 Å². The van der Waals surface area contributed by atoms with Crippen LogP contribution in [-0.4, -0.2) is 31.0 Å². The van der Waals surface area contributed by atoms with Gasteiger partial charge in [0.25, 0.3) is 0 Å². The molecular formula is C17H29ClO4. The molecule has 0 aromatic carbocycles. The molecule has 5 heteroatoms. The summed E-state index contributed by atoms with van der Waals surface area (Å²) in [6.07, 6.45) is 8.96. The van der Waals surface area contributed by atoms with Gasteiger partial charge in [-0.3, -0.25) is 9.59 Å². The number of ether oxygens (including phenoxy) is 2. The first kappa shape index (κ1) is 19.3. The van der Waals surface area contributed by atoms with Crippen LogP contribution in [0.2, 0.25) is 0 Å². The van der Waals surface area contributed by atoms with Gasteiger partial charge in [0, 0.05) is 0 Å². The molecule has 1 rings (SSSR count). The van der Waals surface area contributed by atoms with Gasteiger partial charge in [-0.1, -0.05) is 45.4 Å². The van der Waals surface area contributed by atoms with Crippen LogP contribution in [0.1, 0.15) is 64.7 Å². The topological polar surface area (TPSA) is 52.6 Å². The molecule has 1 aliphatic rings. The van der Waals surface area contributed by atoms with Crippen LogP contribution in [-0.2, 0) is 19.1 Å². The average Bonchev–Trinajstić information content (AvgIpc) is 2.55. The van der Waals surface area contributed by atoms with Crippen molar-refractivity contribution in [1.29, 1.82) is 0 Å². The highest BCUT2D eigenvalue weighted by molar-refractivity contribution is 6.18. The lowest BCUT2D eigenvalue weighted by Crippen LogP contribution is -2.35. The SMILES string of the molecule is CCCCCCCOC(=O)C1CCCCC1C(=O)OCCCl. The molecule has 0 aliphatic heterocycles. The van der Waals surface area contributed by atoms with E-state index in [1.807, 2.05) is 0 Å². The van der Waals surface area contributed by atoms with Gasteiger partial charge in [0.2, 0.25) is 0 Å². The van der Waals surface area contributed by atoms with E-state index in [9.17, 15) is 9.59 Å². The molecule has 0 radical (unpaired) electrons. The predicted molar refractivity (Wildman–Crippen MR) is 86.8 cm³/mol. The number of unbranched alkanes of at least 4 members (excludes halogenated alkanes) is 4. The molecule has 128 valence electrons. The summed E-state index contributed by atoms with van der Waals surface area (Å²) in [4.78, 5) is 24.3. The van der Waals surface area contributed by atoms with Crippen molar-refractivity contribution in [2.75, 3.05) is 19.1 Å². The van der Waals surface area contributed by atoms with E-state index < -0.39 is 0 Å². The maximum absolute atomic E-state index is 12.2. The van der Waals surface area contributed by atoms with E-state index in [1.165, 1.54) is 19.3 Å². The number of rotatable bonds is 10. The summed E-state index contributed by atoms with van der Waals surface area (Å²) in [6, 6.07) is 0. The molecule has 0 heterocycles. The van der Waals surface area contributed by atoms with Gasteiger partial charge in [-0.2, -0.15) is 0 Å².